The molecule has 2 nitrogen and oxygen atoms in total. The third-order valence-electron chi connectivity index (χ3n) is 3.33. The largest absolute Gasteiger partial charge is 0.388 e. The van der Waals surface area contributed by atoms with Crippen molar-refractivity contribution in [2.75, 3.05) is 19.6 Å². The van der Waals surface area contributed by atoms with Gasteiger partial charge in [-0.15, -0.1) is 0 Å². The molecule has 1 heterocycles. The molecule has 2 aliphatic rings. The van der Waals surface area contributed by atoms with Gasteiger partial charge in [0.15, 0.2) is 0 Å². The second-order valence-corrected chi connectivity index (χ2v) is 4.64. The van der Waals surface area contributed by atoms with E-state index >= 15 is 0 Å². The van der Waals surface area contributed by atoms with Gasteiger partial charge < -0.3 is 10.0 Å². The van der Waals surface area contributed by atoms with Crippen LogP contribution in [0.3, 0.4) is 0 Å². The maximum atomic E-state index is 12.6. The highest BCUT2D eigenvalue weighted by Gasteiger charge is 2.55. The van der Waals surface area contributed by atoms with Gasteiger partial charge in [-0.05, 0) is 38.6 Å². The number of piperidine rings is 1. The Balaban J connectivity index is 1.75. The molecule has 0 bridgehead atoms. The average Bonchev–Trinajstić information content (AvgIpc) is 2.71. The van der Waals surface area contributed by atoms with E-state index in [1.807, 2.05) is 0 Å². The first-order chi connectivity index (χ1) is 6.10. The fraction of sp³-hybridized carbons (Fsp3) is 1.00. The zero-order valence-electron chi connectivity index (χ0n) is 8.17. The third-order valence-corrected chi connectivity index (χ3v) is 3.33. The minimum atomic E-state index is -0.716. The predicted molar refractivity (Wildman–Crippen MR) is 49.3 cm³/mol. The van der Waals surface area contributed by atoms with Crippen molar-refractivity contribution in [2.24, 2.45) is 5.92 Å². The fourth-order valence-electron chi connectivity index (χ4n) is 2.29. The summed E-state index contributed by atoms with van der Waals surface area (Å²) >= 11 is 0. The van der Waals surface area contributed by atoms with E-state index in [4.69, 9.17) is 0 Å². The lowest BCUT2D eigenvalue weighted by Crippen LogP contribution is -2.41. The highest BCUT2D eigenvalue weighted by atomic mass is 19.1. The molecule has 1 saturated heterocycles. The zero-order valence-corrected chi connectivity index (χ0v) is 8.17. The van der Waals surface area contributed by atoms with Crippen LogP contribution in [0.1, 0.15) is 26.2 Å². The number of rotatable bonds is 3. The Morgan fingerprint density at radius 2 is 2.46 bits per heavy atom. The molecule has 0 radical (unpaired) electrons. The molecule has 13 heavy (non-hydrogen) atoms. The lowest BCUT2D eigenvalue weighted by Gasteiger charge is -2.29. The minimum Gasteiger partial charge on any atom is -0.388 e. The summed E-state index contributed by atoms with van der Waals surface area (Å²) in [5, 5.41) is 9.85. The van der Waals surface area contributed by atoms with Crippen LogP contribution in [0.25, 0.3) is 0 Å². The Morgan fingerprint density at radius 1 is 1.69 bits per heavy atom. The predicted octanol–water partition coefficient (Wildman–Crippen LogP) is 1.19. The molecule has 0 aromatic rings. The molecule has 3 atom stereocenters. The fourth-order valence-corrected chi connectivity index (χ4v) is 2.29. The molecule has 1 saturated carbocycles. The summed E-state index contributed by atoms with van der Waals surface area (Å²) in [5.41, 5.74) is -0.391. The van der Waals surface area contributed by atoms with E-state index in [1.165, 1.54) is 0 Å². The van der Waals surface area contributed by atoms with Gasteiger partial charge in [-0.2, -0.15) is 0 Å². The molecule has 1 aliphatic carbocycles. The minimum absolute atomic E-state index is 0.391. The number of likely N-dealkylation sites (tertiary alicyclic amines) is 1. The van der Waals surface area contributed by atoms with Gasteiger partial charge in [-0.3, -0.25) is 0 Å². The summed E-state index contributed by atoms with van der Waals surface area (Å²) in [4.78, 5) is 2.19. The Hall–Kier alpha value is -0.150. The van der Waals surface area contributed by atoms with Crippen LogP contribution in [0, 0.1) is 5.92 Å². The standard InChI is InChI=1S/C10H18FNO/c1-8(11)2-4-12-5-3-9-6-10(9,13)7-12/h8-9,13H,2-7H2,1H3/t8?,9-,10+/m1/s1. The van der Waals surface area contributed by atoms with E-state index in [2.05, 4.69) is 4.90 Å². The van der Waals surface area contributed by atoms with Crippen LogP contribution >= 0.6 is 0 Å². The number of β-amino-alcohol motifs (C(OH)–C–C–N with tert-alkyl or cyclic N) is 1. The first-order valence-electron chi connectivity index (χ1n) is 5.19. The van der Waals surface area contributed by atoms with E-state index in [-0.39, 0.29) is 0 Å². The smallest absolute Gasteiger partial charge is 0.0985 e. The normalized spacial score (nSPS) is 41.3. The molecule has 3 heteroatoms. The van der Waals surface area contributed by atoms with Crippen molar-refractivity contribution in [3.63, 3.8) is 0 Å². The van der Waals surface area contributed by atoms with Gasteiger partial charge in [0.1, 0.15) is 0 Å². The van der Waals surface area contributed by atoms with Crippen LogP contribution in [-0.2, 0) is 0 Å². The van der Waals surface area contributed by atoms with Gasteiger partial charge in [0.25, 0.3) is 0 Å². The maximum Gasteiger partial charge on any atom is 0.0985 e. The highest BCUT2D eigenvalue weighted by molar-refractivity contribution is 5.08. The van der Waals surface area contributed by atoms with Gasteiger partial charge >= 0.3 is 0 Å². The third kappa shape index (κ3) is 2.02. The van der Waals surface area contributed by atoms with Crippen LogP contribution in [0.5, 0.6) is 0 Å². The Labute approximate surface area is 78.7 Å². The molecule has 0 aromatic heterocycles. The zero-order chi connectivity index (χ0) is 9.47. The van der Waals surface area contributed by atoms with Crippen molar-refractivity contribution >= 4 is 0 Å². The number of fused-ring (bicyclic) bond motifs is 1. The number of aliphatic hydroxyl groups is 1. The molecule has 1 aliphatic heterocycles. The SMILES string of the molecule is CC(F)CCN1CC[C@@H]2C[C@]2(O)C1. The van der Waals surface area contributed by atoms with Gasteiger partial charge in [0.05, 0.1) is 11.8 Å². The molecular formula is C10H18FNO. The second-order valence-electron chi connectivity index (χ2n) is 4.64. The van der Waals surface area contributed by atoms with Gasteiger partial charge in [-0.25, -0.2) is 4.39 Å². The van der Waals surface area contributed by atoms with Gasteiger partial charge in [0.2, 0.25) is 0 Å². The van der Waals surface area contributed by atoms with Crippen molar-refractivity contribution in [1.82, 2.24) is 4.90 Å². The first-order valence-corrected chi connectivity index (χ1v) is 5.19. The summed E-state index contributed by atoms with van der Waals surface area (Å²) in [5.74, 6) is 0.548. The number of halogens is 1. The van der Waals surface area contributed by atoms with Crippen molar-refractivity contribution < 1.29 is 9.50 Å². The number of nitrogens with zero attached hydrogens (tertiary/aromatic N) is 1. The van der Waals surface area contributed by atoms with Gasteiger partial charge in [-0.1, -0.05) is 0 Å². The van der Waals surface area contributed by atoms with Crippen LogP contribution < -0.4 is 0 Å². The van der Waals surface area contributed by atoms with Crippen molar-refractivity contribution in [1.29, 1.82) is 0 Å². The van der Waals surface area contributed by atoms with Crippen molar-refractivity contribution in [2.45, 2.75) is 38.0 Å². The molecule has 0 spiro atoms. The van der Waals surface area contributed by atoms with Crippen LogP contribution in [0.15, 0.2) is 0 Å². The summed E-state index contributed by atoms with van der Waals surface area (Å²) in [7, 11) is 0. The molecule has 76 valence electrons. The number of alkyl halides is 1. The lowest BCUT2D eigenvalue weighted by molar-refractivity contribution is 0.0471. The highest BCUT2D eigenvalue weighted by Crippen LogP contribution is 2.48. The van der Waals surface area contributed by atoms with E-state index in [0.29, 0.717) is 12.3 Å². The summed E-state index contributed by atoms with van der Waals surface area (Å²) < 4.78 is 12.6. The summed E-state index contributed by atoms with van der Waals surface area (Å²) in [6, 6.07) is 0. The number of hydrogen-bond acceptors (Lipinski definition) is 2. The second kappa shape index (κ2) is 3.21. The Morgan fingerprint density at radius 3 is 3.08 bits per heavy atom. The molecular weight excluding hydrogens is 169 g/mol. The van der Waals surface area contributed by atoms with Crippen LogP contribution in [0.4, 0.5) is 4.39 Å². The number of hydrogen-bond donors (Lipinski definition) is 1. The Kier molecular flexibility index (Phi) is 2.32. The lowest BCUT2D eigenvalue weighted by atomic mass is 10.1. The van der Waals surface area contributed by atoms with Crippen molar-refractivity contribution in [3.8, 4) is 0 Å². The topological polar surface area (TPSA) is 23.5 Å². The maximum absolute atomic E-state index is 12.6. The van der Waals surface area contributed by atoms with Gasteiger partial charge in [0, 0.05) is 13.1 Å². The van der Waals surface area contributed by atoms with Crippen molar-refractivity contribution in [3.05, 3.63) is 0 Å². The molecule has 1 N–H and O–H groups in total. The quantitative estimate of drug-likeness (QED) is 0.717. The Bertz CT molecular complexity index is 197. The molecule has 0 aromatic carbocycles. The van der Waals surface area contributed by atoms with E-state index in [0.717, 1.165) is 32.5 Å². The molecule has 2 rings (SSSR count). The first kappa shape index (κ1) is 9.41. The molecule has 1 unspecified atom stereocenters. The van der Waals surface area contributed by atoms with E-state index < -0.39 is 11.8 Å². The van der Waals surface area contributed by atoms with Crippen LogP contribution in [0.2, 0.25) is 0 Å². The molecule has 2 fully saturated rings. The molecule has 0 amide bonds. The average molecular weight is 187 g/mol. The summed E-state index contributed by atoms with van der Waals surface area (Å²) in [6.45, 7) is 4.20. The monoisotopic (exact) mass is 187 g/mol. The van der Waals surface area contributed by atoms with E-state index in [1.54, 1.807) is 6.92 Å². The summed E-state index contributed by atoms with van der Waals surface area (Å²) in [6.07, 6.45) is 1.94. The van der Waals surface area contributed by atoms with Crippen LogP contribution in [-0.4, -0.2) is 41.4 Å². The van der Waals surface area contributed by atoms with E-state index in [9.17, 15) is 9.50 Å².